The molecule has 0 fully saturated rings. The first-order valence-electron chi connectivity index (χ1n) is 10.2. The number of nitrogens with one attached hydrogen (secondary N) is 2. The molecule has 0 aliphatic rings. The SMILES string of the molecule is COC(=O)c1cc(-c2cc(-c3ccccc3)[nH]n2)cc(-c2cc(-c3ccccc3)[nH]n2)c1. The summed E-state index contributed by atoms with van der Waals surface area (Å²) in [5.41, 5.74) is 7.37. The molecule has 156 valence electrons. The molecule has 0 aliphatic heterocycles. The van der Waals surface area contributed by atoms with Gasteiger partial charge in [-0.05, 0) is 41.5 Å². The molecule has 0 unspecified atom stereocenters. The molecule has 5 aromatic rings. The van der Waals surface area contributed by atoms with Crippen LogP contribution < -0.4 is 0 Å². The summed E-state index contributed by atoms with van der Waals surface area (Å²) in [6.07, 6.45) is 0. The maximum atomic E-state index is 12.4. The Bertz CT molecular complexity index is 1280. The highest BCUT2D eigenvalue weighted by atomic mass is 16.5. The van der Waals surface area contributed by atoms with Crippen molar-refractivity contribution in [3.05, 3.63) is 96.6 Å². The number of methoxy groups -OCH3 is 1. The van der Waals surface area contributed by atoms with E-state index in [0.29, 0.717) is 5.56 Å². The van der Waals surface area contributed by atoms with Gasteiger partial charge in [0.1, 0.15) is 0 Å². The molecule has 0 radical (unpaired) electrons. The third-order valence-electron chi connectivity index (χ3n) is 5.27. The minimum absolute atomic E-state index is 0.411. The third-order valence-corrected chi connectivity index (χ3v) is 5.27. The van der Waals surface area contributed by atoms with Gasteiger partial charge in [0.2, 0.25) is 0 Å². The number of H-pyrrole nitrogens is 2. The lowest BCUT2D eigenvalue weighted by molar-refractivity contribution is 0.0601. The zero-order chi connectivity index (χ0) is 21.9. The maximum Gasteiger partial charge on any atom is 0.337 e. The number of aromatic amines is 2. The van der Waals surface area contributed by atoms with E-state index in [0.717, 1.165) is 45.0 Å². The smallest absolute Gasteiger partial charge is 0.337 e. The van der Waals surface area contributed by atoms with Crippen LogP contribution in [0.25, 0.3) is 45.0 Å². The largest absolute Gasteiger partial charge is 0.465 e. The fourth-order valence-corrected chi connectivity index (χ4v) is 3.63. The molecule has 2 N–H and O–H groups in total. The fourth-order valence-electron chi connectivity index (χ4n) is 3.63. The first-order chi connectivity index (χ1) is 15.7. The summed E-state index contributed by atoms with van der Waals surface area (Å²) < 4.78 is 4.97. The van der Waals surface area contributed by atoms with Gasteiger partial charge in [0, 0.05) is 11.1 Å². The van der Waals surface area contributed by atoms with Gasteiger partial charge in [-0.25, -0.2) is 4.79 Å². The number of carbonyl (C=O) groups excluding carboxylic acids is 1. The summed E-state index contributed by atoms with van der Waals surface area (Å²) in [5.74, 6) is -0.411. The maximum absolute atomic E-state index is 12.4. The van der Waals surface area contributed by atoms with Gasteiger partial charge in [0.25, 0.3) is 0 Å². The van der Waals surface area contributed by atoms with Crippen LogP contribution in [0.5, 0.6) is 0 Å². The summed E-state index contributed by atoms with van der Waals surface area (Å²) >= 11 is 0. The summed E-state index contributed by atoms with van der Waals surface area (Å²) in [6, 6.07) is 29.4. The van der Waals surface area contributed by atoms with E-state index < -0.39 is 5.97 Å². The predicted molar refractivity (Wildman–Crippen MR) is 124 cm³/mol. The molecule has 0 amide bonds. The van der Waals surface area contributed by atoms with Crippen molar-refractivity contribution in [2.75, 3.05) is 7.11 Å². The molecule has 32 heavy (non-hydrogen) atoms. The van der Waals surface area contributed by atoms with Crippen molar-refractivity contribution in [1.82, 2.24) is 20.4 Å². The van der Waals surface area contributed by atoms with Crippen molar-refractivity contribution < 1.29 is 9.53 Å². The lowest BCUT2D eigenvalue weighted by atomic mass is 10.0. The van der Waals surface area contributed by atoms with Crippen molar-refractivity contribution in [1.29, 1.82) is 0 Å². The molecule has 0 saturated carbocycles. The lowest BCUT2D eigenvalue weighted by Gasteiger charge is -2.06. The molecule has 5 rings (SSSR count). The van der Waals surface area contributed by atoms with Crippen molar-refractivity contribution in [2.24, 2.45) is 0 Å². The van der Waals surface area contributed by atoms with Gasteiger partial charge in [0.15, 0.2) is 0 Å². The summed E-state index contributed by atoms with van der Waals surface area (Å²) in [7, 11) is 1.37. The second-order valence-corrected chi connectivity index (χ2v) is 7.36. The van der Waals surface area contributed by atoms with Gasteiger partial charge in [-0.3, -0.25) is 10.2 Å². The Morgan fingerprint density at radius 2 is 1.12 bits per heavy atom. The molecular weight excluding hydrogens is 400 g/mol. The van der Waals surface area contributed by atoms with Crippen LogP contribution in [0.15, 0.2) is 91.0 Å². The Labute approximate surface area is 184 Å². The fraction of sp³-hybridized carbons (Fsp3) is 0.0385. The Morgan fingerprint density at radius 3 is 1.56 bits per heavy atom. The lowest BCUT2D eigenvalue weighted by Crippen LogP contribution is -2.02. The number of benzene rings is 3. The average molecular weight is 420 g/mol. The van der Waals surface area contributed by atoms with E-state index in [1.165, 1.54) is 7.11 Å². The Morgan fingerprint density at radius 1 is 0.656 bits per heavy atom. The standard InChI is InChI=1S/C26H20N4O2/c1-32-26(31)21-13-19(24-15-22(27-29-24)17-8-4-2-5-9-17)12-20(14-21)25-16-23(28-30-25)18-10-6-3-7-11-18/h2-16H,1H3,(H,27,29)(H,28,30). The van der Waals surface area contributed by atoms with Crippen LogP contribution >= 0.6 is 0 Å². The van der Waals surface area contributed by atoms with Crippen LogP contribution in [0.1, 0.15) is 10.4 Å². The Hall–Kier alpha value is -4.45. The topological polar surface area (TPSA) is 83.7 Å². The zero-order valence-corrected chi connectivity index (χ0v) is 17.4. The number of hydrogen-bond acceptors (Lipinski definition) is 4. The van der Waals surface area contributed by atoms with Gasteiger partial charge in [-0.15, -0.1) is 0 Å². The predicted octanol–water partition coefficient (Wildman–Crippen LogP) is 5.59. The minimum Gasteiger partial charge on any atom is -0.465 e. The molecule has 0 aliphatic carbocycles. The number of rotatable bonds is 5. The van der Waals surface area contributed by atoms with Gasteiger partial charge in [-0.1, -0.05) is 60.7 Å². The van der Waals surface area contributed by atoms with Gasteiger partial charge < -0.3 is 4.74 Å². The first-order valence-corrected chi connectivity index (χ1v) is 10.2. The van der Waals surface area contributed by atoms with Crippen LogP contribution in [0.4, 0.5) is 0 Å². The van der Waals surface area contributed by atoms with Crippen LogP contribution in [-0.4, -0.2) is 33.5 Å². The molecule has 2 heterocycles. The highest BCUT2D eigenvalue weighted by Crippen LogP contribution is 2.30. The highest BCUT2D eigenvalue weighted by Gasteiger charge is 2.15. The van der Waals surface area contributed by atoms with E-state index in [4.69, 9.17) is 4.74 Å². The van der Waals surface area contributed by atoms with E-state index in [1.807, 2.05) is 78.9 Å². The second kappa shape index (κ2) is 8.35. The van der Waals surface area contributed by atoms with E-state index in [2.05, 4.69) is 20.4 Å². The minimum atomic E-state index is -0.411. The molecule has 0 atom stereocenters. The number of aromatic nitrogens is 4. The quantitative estimate of drug-likeness (QED) is 0.363. The molecule has 6 heteroatoms. The second-order valence-electron chi connectivity index (χ2n) is 7.36. The molecule has 2 aromatic heterocycles. The van der Waals surface area contributed by atoms with E-state index in [-0.39, 0.29) is 0 Å². The molecule has 0 bridgehead atoms. The third kappa shape index (κ3) is 3.81. The van der Waals surface area contributed by atoms with Crippen LogP contribution in [0.3, 0.4) is 0 Å². The van der Waals surface area contributed by atoms with Crippen molar-refractivity contribution in [2.45, 2.75) is 0 Å². The van der Waals surface area contributed by atoms with Crippen molar-refractivity contribution >= 4 is 5.97 Å². The monoisotopic (exact) mass is 420 g/mol. The normalized spacial score (nSPS) is 10.8. The number of esters is 1. The van der Waals surface area contributed by atoms with Crippen molar-refractivity contribution in [3.63, 3.8) is 0 Å². The Kier molecular flexibility index (Phi) is 5.09. The van der Waals surface area contributed by atoms with Gasteiger partial charge in [-0.2, -0.15) is 10.2 Å². The van der Waals surface area contributed by atoms with Gasteiger partial charge in [0.05, 0.1) is 35.4 Å². The molecule has 0 spiro atoms. The number of carbonyl (C=O) groups is 1. The van der Waals surface area contributed by atoms with E-state index in [9.17, 15) is 4.79 Å². The summed E-state index contributed by atoms with van der Waals surface area (Å²) in [5, 5.41) is 15.1. The molecular formula is C26H20N4O2. The van der Waals surface area contributed by atoms with E-state index >= 15 is 0 Å². The average Bonchev–Trinajstić information content (AvgIpc) is 3.55. The summed E-state index contributed by atoms with van der Waals surface area (Å²) in [6.45, 7) is 0. The van der Waals surface area contributed by atoms with Crippen molar-refractivity contribution in [3.8, 4) is 45.0 Å². The number of nitrogens with zero attached hydrogens (tertiary/aromatic N) is 2. The summed E-state index contributed by atoms with van der Waals surface area (Å²) in [4.78, 5) is 12.4. The van der Waals surface area contributed by atoms with Crippen LogP contribution in [0.2, 0.25) is 0 Å². The first kappa shape index (κ1) is 19.5. The zero-order valence-electron chi connectivity index (χ0n) is 17.4. The molecule has 0 saturated heterocycles. The van der Waals surface area contributed by atoms with E-state index in [1.54, 1.807) is 12.1 Å². The molecule has 3 aromatic carbocycles. The Balaban J connectivity index is 1.57. The number of ether oxygens (including phenoxy) is 1. The number of hydrogen-bond donors (Lipinski definition) is 2. The highest BCUT2D eigenvalue weighted by molar-refractivity contribution is 5.93. The van der Waals surface area contributed by atoms with Crippen LogP contribution in [-0.2, 0) is 4.74 Å². The van der Waals surface area contributed by atoms with Crippen LogP contribution in [0, 0.1) is 0 Å². The molecule has 6 nitrogen and oxygen atoms in total. The van der Waals surface area contributed by atoms with Gasteiger partial charge >= 0.3 is 5.97 Å².